The normalized spacial score (nSPS) is 12.1. The number of alkyl halides is 1. The van der Waals surface area contributed by atoms with Crippen LogP contribution in [-0.2, 0) is 0 Å². The van der Waals surface area contributed by atoms with Crippen LogP contribution in [0.4, 0.5) is 38.5 Å². The van der Waals surface area contributed by atoms with E-state index < -0.39 is 11.6 Å². The van der Waals surface area contributed by atoms with Gasteiger partial charge in [-0.1, -0.05) is 93.6 Å². The Balaban J connectivity index is 1.60. The number of benzene rings is 5. The average Bonchev–Trinajstić information content (AvgIpc) is 2.95. The second-order valence-corrected chi connectivity index (χ2v) is 10.5. The Morgan fingerprint density at radius 2 is 0.789 bits per heavy atom. The summed E-state index contributed by atoms with van der Waals surface area (Å²) >= 11 is 0. The van der Waals surface area contributed by atoms with Crippen LogP contribution in [0.1, 0.15) is 32.5 Å². The van der Waals surface area contributed by atoms with Gasteiger partial charge in [0.25, 0.3) is 0 Å². The molecular formula is C35H33FN2. The van der Waals surface area contributed by atoms with Crippen LogP contribution in [0.15, 0.2) is 140 Å². The maximum absolute atomic E-state index is 15.1. The molecule has 5 rings (SSSR count). The summed E-state index contributed by atoms with van der Waals surface area (Å²) in [6.07, 6.45) is -1.03. The van der Waals surface area contributed by atoms with Crippen LogP contribution in [0.2, 0.25) is 0 Å². The minimum absolute atomic E-state index is 0.451. The van der Waals surface area contributed by atoms with E-state index in [0.29, 0.717) is 5.56 Å². The van der Waals surface area contributed by atoms with Crippen molar-refractivity contribution in [3.05, 3.63) is 145 Å². The van der Waals surface area contributed by atoms with Gasteiger partial charge in [0, 0.05) is 34.1 Å². The number of para-hydroxylation sites is 3. The third-order valence-corrected chi connectivity index (χ3v) is 6.59. The van der Waals surface area contributed by atoms with Gasteiger partial charge in [0.15, 0.2) is 0 Å². The summed E-state index contributed by atoms with van der Waals surface area (Å²) in [4.78, 5) is 4.47. The topological polar surface area (TPSA) is 6.48 Å². The molecule has 0 spiro atoms. The number of hydrogen-bond donors (Lipinski definition) is 0. The van der Waals surface area contributed by atoms with Gasteiger partial charge in [-0.05, 0) is 77.7 Å². The lowest BCUT2D eigenvalue weighted by molar-refractivity contribution is 0.165. The Labute approximate surface area is 225 Å². The number of halogens is 1. The van der Waals surface area contributed by atoms with Gasteiger partial charge in [-0.25, -0.2) is 4.39 Å². The van der Waals surface area contributed by atoms with E-state index in [1.165, 1.54) is 0 Å². The Morgan fingerprint density at radius 3 is 1.16 bits per heavy atom. The highest BCUT2D eigenvalue weighted by Crippen LogP contribution is 2.41. The zero-order valence-corrected chi connectivity index (χ0v) is 22.1. The third kappa shape index (κ3) is 5.47. The largest absolute Gasteiger partial charge is 0.310 e. The number of nitrogens with zero attached hydrogens (tertiary/aromatic N) is 2. The molecule has 0 radical (unpaired) electrons. The fourth-order valence-corrected chi connectivity index (χ4v) is 4.69. The molecule has 0 bridgehead atoms. The first-order valence-corrected chi connectivity index (χ1v) is 13.0. The molecule has 0 saturated heterocycles. The highest BCUT2D eigenvalue weighted by molar-refractivity contribution is 5.82. The quantitative estimate of drug-likeness (QED) is 0.219. The summed E-state index contributed by atoms with van der Waals surface area (Å²) in [5, 5.41) is 0. The molecule has 0 amide bonds. The number of anilines is 6. The van der Waals surface area contributed by atoms with Crippen molar-refractivity contribution >= 4 is 34.1 Å². The second-order valence-electron chi connectivity index (χ2n) is 10.5. The van der Waals surface area contributed by atoms with Crippen molar-refractivity contribution in [1.29, 1.82) is 0 Å². The van der Waals surface area contributed by atoms with Gasteiger partial charge in [0.1, 0.15) is 6.17 Å². The minimum atomic E-state index is -1.03. The van der Waals surface area contributed by atoms with Crippen LogP contribution in [-0.4, -0.2) is 0 Å². The zero-order chi connectivity index (χ0) is 26.5. The smallest absolute Gasteiger partial charge is 0.130 e. The lowest BCUT2D eigenvalue weighted by Gasteiger charge is -2.30. The maximum atomic E-state index is 15.1. The Kier molecular flexibility index (Phi) is 7.28. The fraction of sp³-hybridized carbons (Fsp3) is 0.143. The van der Waals surface area contributed by atoms with Crippen LogP contribution < -0.4 is 9.80 Å². The third-order valence-electron chi connectivity index (χ3n) is 6.59. The van der Waals surface area contributed by atoms with E-state index in [0.717, 1.165) is 34.1 Å². The molecule has 0 aliphatic heterocycles. The maximum Gasteiger partial charge on any atom is 0.130 e. The van der Waals surface area contributed by atoms with E-state index >= 15 is 4.39 Å². The van der Waals surface area contributed by atoms with E-state index in [2.05, 4.69) is 94.7 Å². The van der Waals surface area contributed by atoms with E-state index in [1.807, 2.05) is 75.4 Å². The van der Waals surface area contributed by atoms with Crippen molar-refractivity contribution in [3.63, 3.8) is 0 Å². The molecule has 190 valence electrons. The first-order valence-electron chi connectivity index (χ1n) is 13.0. The Bertz CT molecular complexity index is 1400. The van der Waals surface area contributed by atoms with E-state index in [-0.39, 0.29) is 0 Å². The van der Waals surface area contributed by atoms with Crippen molar-refractivity contribution in [3.8, 4) is 0 Å². The van der Waals surface area contributed by atoms with Crippen LogP contribution in [0, 0.1) is 5.41 Å². The molecule has 0 aliphatic carbocycles. The molecule has 1 unspecified atom stereocenters. The van der Waals surface area contributed by atoms with E-state index in [4.69, 9.17) is 0 Å². The van der Waals surface area contributed by atoms with Gasteiger partial charge in [-0.15, -0.1) is 0 Å². The molecule has 5 aromatic carbocycles. The van der Waals surface area contributed by atoms with Gasteiger partial charge in [-0.2, -0.15) is 0 Å². The highest BCUT2D eigenvalue weighted by Gasteiger charge is 2.26. The molecular weight excluding hydrogens is 467 g/mol. The van der Waals surface area contributed by atoms with Gasteiger partial charge in [0.2, 0.25) is 0 Å². The van der Waals surface area contributed by atoms with Gasteiger partial charge < -0.3 is 9.80 Å². The zero-order valence-electron chi connectivity index (χ0n) is 22.1. The minimum Gasteiger partial charge on any atom is -0.310 e. The summed E-state index contributed by atoms with van der Waals surface area (Å²) in [7, 11) is 0. The summed E-state index contributed by atoms with van der Waals surface area (Å²) in [6.45, 7) is 5.79. The first kappa shape index (κ1) is 25.3. The molecule has 0 fully saturated rings. The molecule has 1 atom stereocenters. The summed E-state index contributed by atoms with van der Waals surface area (Å²) in [5.74, 6) is 0. The molecule has 0 aliphatic rings. The lowest BCUT2D eigenvalue weighted by Crippen LogP contribution is -2.15. The van der Waals surface area contributed by atoms with Crippen LogP contribution in [0.5, 0.6) is 0 Å². The van der Waals surface area contributed by atoms with Crippen LogP contribution in [0.25, 0.3) is 0 Å². The molecule has 0 heterocycles. The Morgan fingerprint density at radius 1 is 0.447 bits per heavy atom. The van der Waals surface area contributed by atoms with Crippen molar-refractivity contribution in [2.24, 2.45) is 5.41 Å². The Hall–Kier alpha value is -4.37. The average molecular weight is 501 g/mol. The first-order chi connectivity index (χ1) is 18.4. The summed E-state index contributed by atoms with van der Waals surface area (Å²) in [5.41, 5.74) is 6.50. The molecule has 38 heavy (non-hydrogen) atoms. The standard InChI is InChI=1S/C35H33FN2/c1-35(2,3)34(36)27-22-24-31(25-23-27)38(30-18-11-6-12-19-30)33-21-13-20-32(26-33)37(28-14-7-4-8-15-28)29-16-9-5-10-17-29/h4-26,34H,1-3H3. The molecule has 2 nitrogen and oxygen atoms in total. The fourth-order valence-electron chi connectivity index (χ4n) is 4.69. The van der Waals surface area contributed by atoms with Gasteiger partial charge in [-0.3, -0.25) is 0 Å². The van der Waals surface area contributed by atoms with Crippen LogP contribution in [0.3, 0.4) is 0 Å². The molecule has 0 N–H and O–H groups in total. The molecule has 0 aromatic heterocycles. The molecule has 5 aromatic rings. The van der Waals surface area contributed by atoms with E-state index in [9.17, 15) is 0 Å². The molecule has 3 heteroatoms. The lowest BCUT2D eigenvalue weighted by atomic mass is 9.86. The van der Waals surface area contributed by atoms with Crippen molar-refractivity contribution in [2.75, 3.05) is 9.80 Å². The van der Waals surface area contributed by atoms with Gasteiger partial charge in [0.05, 0.1) is 0 Å². The van der Waals surface area contributed by atoms with Gasteiger partial charge >= 0.3 is 0 Å². The van der Waals surface area contributed by atoms with E-state index in [1.54, 1.807) is 0 Å². The highest BCUT2D eigenvalue weighted by atomic mass is 19.1. The summed E-state index contributed by atoms with van der Waals surface area (Å²) in [6, 6.07) is 47.5. The predicted octanol–water partition coefficient (Wildman–Crippen LogP) is 10.7. The monoisotopic (exact) mass is 500 g/mol. The number of hydrogen-bond acceptors (Lipinski definition) is 2. The van der Waals surface area contributed by atoms with Crippen molar-refractivity contribution < 1.29 is 4.39 Å². The molecule has 0 saturated carbocycles. The predicted molar refractivity (Wildman–Crippen MR) is 159 cm³/mol. The van der Waals surface area contributed by atoms with Crippen LogP contribution >= 0.6 is 0 Å². The second kappa shape index (κ2) is 10.9. The van der Waals surface area contributed by atoms with Crippen molar-refractivity contribution in [1.82, 2.24) is 0 Å². The SMILES string of the molecule is CC(C)(C)C(F)c1ccc(N(c2ccccc2)c2cccc(N(c3ccccc3)c3ccccc3)c2)cc1. The number of rotatable bonds is 7. The van der Waals surface area contributed by atoms with Crippen molar-refractivity contribution in [2.45, 2.75) is 26.9 Å². The summed E-state index contributed by atoms with van der Waals surface area (Å²) < 4.78 is 15.1.